The highest BCUT2D eigenvalue weighted by Crippen LogP contribution is 2.38. The molecule has 0 atom stereocenters. The summed E-state index contributed by atoms with van der Waals surface area (Å²) >= 11 is 11.6. The van der Waals surface area contributed by atoms with E-state index in [0.29, 0.717) is 27.8 Å². The lowest BCUT2D eigenvalue weighted by atomic mass is 10.1. The van der Waals surface area contributed by atoms with Crippen LogP contribution in [0.1, 0.15) is 25.0 Å². The summed E-state index contributed by atoms with van der Waals surface area (Å²) in [4.78, 5) is 27.0. The van der Waals surface area contributed by atoms with E-state index in [1.54, 1.807) is 24.3 Å². The molecule has 0 radical (unpaired) electrons. The van der Waals surface area contributed by atoms with Gasteiger partial charge < -0.3 is 9.47 Å². The van der Waals surface area contributed by atoms with E-state index in [-0.39, 0.29) is 16.8 Å². The number of methoxy groups -OCH3 is 1. The molecule has 156 valence electrons. The molecule has 0 bridgehead atoms. The van der Waals surface area contributed by atoms with Gasteiger partial charge >= 0.3 is 0 Å². The van der Waals surface area contributed by atoms with Crippen LogP contribution in [0.25, 0.3) is 6.08 Å². The van der Waals surface area contributed by atoms with Crippen molar-refractivity contribution < 1.29 is 19.1 Å². The van der Waals surface area contributed by atoms with E-state index in [2.05, 4.69) is 5.32 Å². The van der Waals surface area contributed by atoms with Gasteiger partial charge in [-0.15, -0.1) is 0 Å². The fraction of sp³-hybridized carbons (Fsp3) is 0.227. The fourth-order valence-corrected chi connectivity index (χ4v) is 3.57. The van der Waals surface area contributed by atoms with E-state index in [0.717, 1.165) is 5.56 Å². The largest absolute Gasteiger partial charge is 0.493 e. The highest BCUT2D eigenvalue weighted by molar-refractivity contribution is 7.80. The molecule has 8 heteroatoms. The monoisotopic (exact) mass is 444 g/mol. The van der Waals surface area contributed by atoms with Gasteiger partial charge in [-0.05, 0) is 68.4 Å². The van der Waals surface area contributed by atoms with Crippen LogP contribution in [0.4, 0.5) is 5.69 Å². The lowest BCUT2D eigenvalue weighted by molar-refractivity contribution is -0.122. The Morgan fingerprint density at radius 1 is 1.20 bits per heavy atom. The van der Waals surface area contributed by atoms with Crippen LogP contribution in [0.15, 0.2) is 42.0 Å². The van der Waals surface area contributed by atoms with Crippen molar-refractivity contribution in [3.63, 3.8) is 0 Å². The van der Waals surface area contributed by atoms with Gasteiger partial charge in [0.1, 0.15) is 5.57 Å². The number of hydrogen-bond acceptors (Lipinski definition) is 5. The molecular weight excluding hydrogens is 424 g/mol. The number of nitrogens with one attached hydrogen (secondary N) is 1. The molecule has 6 nitrogen and oxygen atoms in total. The molecule has 2 aromatic carbocycles. The summed E-state index contributed by atoms with van der Waals surface area (Å²) in [5, 5.41) is 2.92. The van der Waals surface area contributed by atoms with Gasteiger partial charge in [0.2, 0.25) is 0 Å². The zero-order valence-electron chi connectivity index (χ0n) is 17.0. The molecule has 2 aromatic rings. The second-order valence-electron chi connectivity index (χ2n) is 6.95. The Hall–Kier alpha value is -2.90. The maximum atomic E-state index is 13.2. The summed E-state index contributed by atoms with van der Waals surface area (Å²) in [6.45, 7) is 5.61. The molecule has 0 spiro atoms. The molecular formula is C22H21ClN2O4S. The van der Waals surface area contributed by atoms with Gasteiger partial charge in [-0.25, -0.2) is 0 Å². The van der Waals surface area contributed by atoms with E-state index in [1.807, 2.05) is 32.9 Å². The molecule has 1 aliphatic rings. The van der Waals surface area contributed by atoms with Crippen LogP contribution in [0, 0.1) is 6.92 Å². The number of ether oxygens (including phenoxy) is 2. The molecule has 30 heavy (non-hydrogen) atoms. The van der Waals surface area contributed by atoms with Crippen LogP contribution in [-0.2, 0) is 9.59 Å². The number of thiocarbonyl (C=S) groups is 1. The van der Waals surface area contributed by atoms with Crippen LogP contribution >= 0.6 is 23.8 Å². The minimum Gasteiger partial charge on any atom is -0.493 e. The van der Waals surface area contributed by atoms with Crippen molar-refractivity contribution in [2.24, 2.45) is 0 Å². The standard InChI is InChI=1S/C22H21ClN2O4S/c1-12(2)29-19-16(23)10-14(11-18(19)28-4)9-15-20(26)24-22(30)25(21(15)27)17-8-6-5-7-13(17)3/h5-12H,1-4H3,(H,24,26,30)/b15-9+. The highest BCUT2D eigenvalue weighted by atomic mass is 35.5. The third-order valence-electron chi connectivity index (χ3n) is 4.37. The van der Waals surface area contributed by atoms with Crippen molar-refractivity contribution >= 4 is 52.5 Å². The second-order valence-corrected chi connectivity index (χ2v) is 7.74. The predicted octanol–water partition coefficient (Wildman–Crippen LogP) is 4.28. The van der Waals surface area contributed by atoms with Crippen LogP contribution in [-0.4, -0.2) is 30.1 Å². The lowest BCUT2D eigenvalue weighted by Crippen LogP contribution is -2.54. The Kier molecular flexibility index (Phi) is 6.43. The average Bonchev–Trinajstić information content (AvgIpc) is 2.68. The number of benzene rings is 2. The number of nitrogens with zero attached hydrogens (tertiary/aromatic N) is 1. The Balaban J connectivity index is 2.05. The Morgan fingerprint density at radius 3 is 2.53 bits per heavy atom. The van der Waals surface area contributed by atoms with Crippen LogP contribution in [0.3, 0.4) is 0 Å². The van der Waals surface area contributed by atoms with Crippen molar-refractivity contribution in [2.45, 2.75) is 26.9 Å². The van der Waals surface area contributed by atoms with Gasteiger partial charge in [0.25, 0.3) is 11.8 Å². The van der Waals surface area contributed by atoms with Gasteiger partial charge in [-0.1, -0.05) is 29.8 Å². The predicted molar refractivity (Wildman–Crippen MR) is 121 cm³/mol. The number of aryl methyl sites for hydroxylation is 1. The topological polar surface area (TPSA) is 67.9 Å². The highest BCUT2D eigenvalue weighted by Gasteiger charge is 2.35. The molecule has 0 aliphatic carbocycles. The summed E-state index contributed by atoms with van der Waals surface area (Å²) in [5.74, 6) is -0.292. The molecule has 1 saturated heterocycles. The Labute approximate surface area is 185 Å². The summed E-state index contributed by atoms with van der Waals surface area (Å²) in [6.07, 6.45) is 1.35. The fourth-order valence-electron chi connectivity index (χ4n) is 3.03. The van der Waals surface area contributed by atoms with Gasteiger partial charge in [0.15, 0.2) is 16.6 Å². The molecule has 0 saturated carbocycles. The average molecular weight is 445 g/mol. The Bertz CT molecular complexity index is 1070. The smallest absolute Gasteiger partial charge is 0.270 e. The van der Waals surface area contributed by atoms with E-state index in [9.17, 15) is 9.59 Å². The molecule has 2 amide bonds. The SMILES string of the molecule is COc1cc(/C=C2\C(=O)NC(=S)N(c3ccccc3C)C2=O)cc(Cl)c1OC(C)C. The van der Waals surface area contributed by atoms with Crippen molar-refractivity contribution in [3.05, 3.63) is 58.1 Å². The van der Waals surface area contributed by atoms with Gasteiger partial charge in [-0.2, -0.15) is 0 Å². The maximum Gasteiger partial charge on any atom is 0.270 e. The van der Waals surface area contributed by atoms with Gasteiger partial charge in [0.05, 0.1) is 23.9 Å². The van der Waals surface area contributed by atoms with Crippen molar-refractivity contribution in [1.82, 2.24) is 5.32 Å². The number of halogens is 1. The summed E-state index contributed by atoms with van der Waals surface area (Å²) in [7, 11) is 1.49. The van der Waals surface area contributed by atoms with E-state index >= 15 is 0 Å². The van der Waals surface area contributed by atoms with E-state index in [4.69, 9.17) is 33.3 Å². The van der Waals surface area contributed by atoms with Gasteiger partial charge in [-0.3, -0.25) is 19.8 Å². The first kappa shape index (κ1) is 21.8. The molecule has 3 rings (SSSR count). The Morgan fingerprint density at radius 2 is 1.90 bits per heavy atom. The number of anilines is 1. The molecule has 0 unspecified atom stereocenters. The number of amides is 2. The summed E-state index contributed by atoms with van der Waals surface area (Å²) in [5.41, 5.74) is 1.91. The normalized spacial score (nSPS) is 15.6. The number of rotatable bonds is 5. The molecule has 1 heterocycles. The first-order valence-corrected chi connectivity index (χ1v) is 10.0. The first-order chi connectivity index (χ1) is 14.2. The summed E-state index contributed by atoms with van der Waals surface area (Å²) in [6, 6.07) is 10.6. The van der Waals surface area contributed by atoms with Crippen molar-refractivity contribution in [1.29, 1.82) is 0 Å². The molecule has 1 aliphatic heterocycles. The zero-order chi connectivity index (χ0) is 22.0. The number of carbonyl (C=O) groups excluding carboxylic acids is 2. The van der Waals surface area contributed by atoms with E-state index in [1.165, 1.54) is 18.1 Å². The molecule has 0 aromatic heterocycles. The number of para-hydroxylation sites is 1. The quantitative estimate of drug-likeness (QED) is 0.423. The van der Waals surface area contributed by atoms with E-state index < -0.39 is 11.8 Å². The number of hydrogen-bond donors (Lipinski definition) is 1. The van der Waals surface area contributed by atoms with Crippen molar-refractivity contribution in [2.75, 3.05) is 12.0 Å². The van der Waals surface area contributed by atoms with Crippen LogP contribution in [0.5, 0.6) is 11.5 Å². The van der Waals surface area contributed by atoms with Gasteiger partial charge in [0, 0.05) is 0 Å². The lowest BCUT2D eigenvalue weighted by Gasteiger charge is -2.30. The minimum atomic E-state index is -0.576. The maximum absolute atomic E-state index is 13.2. The molecule has 1 fully saturated rings. The minimum absolute atomic E-state index is 0.0349. The zero-order valence-corrected chi connectivity index (χ0v) is 18.6. The van der Waals surface area contributed by atoms with Crippen molar-refractivity contribution in [3.8, 4) is 11.5 Å². The third kappa shape index (κ3) is 4.32. The molecule has 1 N–H and O–H groups in total. The van der Waals surface area contributed by atoms with Crippen LogP contribution < -0.4 is 19.7 Å². The summed E-state index contributed by atoms with van der Waals surface area (Å²) < 4.78 is 11.1. The van der Waals surface area contributed by atoms with Crippen LogP contribution in [0.2, 0.25) is 5.02 Å². The second kappa shape index (κ2) is 8.85. The first-order valence-electron chi connectivity index (χ1n) is 9.24. The number of carbonyl (C=O) groups is 2. The third-order valence-corrected chi connectivity index (χ3v) is 4.94.